The topological polar surface area (TPSA) is 83.8 Å². The van der Waals surface area contributed by atoms with Crippen molar-refractivity contribution < 1.29 is 14.5 Å². The Bertz CT molecular complexity index is 1210. The summed E-state index contributed by atoms with van der Waals surface area (Å²) in [5.41, 5.74) is 2.72. The molecule has 0 aliphatic carbocycles. The van der Waals surface area contributed by atoms with Gasteiger partial charge in [0.15, 0.2) is 0 Å². The summed E-state index contributed by atoms with van der Waals surface area (Å²) in [6, 6.07) is 22.3. The van der Waals surface area contributed by atoms with Gasteiger partial charge in [0.2, 0.25) is 5.91 Å². The molecule has 7 heteroatoms. The Labute approximate surface area is 198 Å². The second kappa shape index (κ2) is 9.47. The summed E-state index contributed by atoms with van der Waals surface area (Å²) in [6.07, 6.45) is 0.559. The minimum atomic E-state index is -0.484. The highest BCUT2D eigenvalue weighted by Crippen LogP contribution is 2.43. The summed E-state index contributed by atoms with van der Waals surface area (Å²) >= 11 is 0. The standard InChI is InChI=1S/C27H27N3O4/c1-18(2)26(31)28-19(3)17-25(23-11-7-8-12-24(23)28)29(21-9-5-4-6-10-21)27(32)20-13-15-22(16-14-20)30(33)34/h4-16,18-19,25H,17H2,1-3H3/t19-,25+/m0/s1. The van der Waals surface area contributed by atoms with Gasteiger partial charge in [0.1, 0.15) is 0 Å². The van der Waals surface area contributed by atoms with Crippen molar-refractivity contribution in [3.05, 3.63) is 100 Å². The summed E-state index contributed by atoms with van der Waals surface area (Å²) in [6.45, 7) is 5.78. The minimum absolute atomic E-state index is 0.0476. The smallest absolute Gasteiger partial charge is 0.269 e. The van der Waals surface area contributed by atoms with Crippen LogP contribution in [-0.4, -0.2) is 22.8 Å². The van der Waals surface area contributed by atoms with E-state index in [9.17, 15) is 19.7 Å². The molecule has 34 heavy (non-hydrogen) atoms. The molecule has 3 aromatic rings. The zero-order valence-electron chi connectivity index (χ0n) is 19.4. The van der Waals surface area contributed by atoms with Crippen LogP contribution in [0.3, 0.4) is 0 Å². The van der Waals surface area contributed by atoms with Crippen molar-refractivity contribution in [1.29, 1.82) is 0 Å². The number of nitro groups is 1. The Kier molecular flexibility index (Phi) is 6.45. The average molecular weight is 458 g/mol. The molecule has 0 saturated heterocycles. The summed E-state index contributed by atoms with van der Waals surface area (Å²) < 4.78 is 0. The maximum atomic E-state index is 13.8. The summed E-state index contributed by atoms with van der Waals surface area (Å²) in [7, 11) is 0. The number of carbonyl (C=O) groups excluding carboxylic acids is 2. The highest BCUT2D eigenvalue weighted by molar-refractivity contribution is 6.07. The van der Waals surface area contributed by atoms with Gasteiger partial charge < -0.3 is 9.80 Å². The fourth-order valence-electron chi connectivity index (χ4n) is 4.53. The predicted octanol–water partition coefficient (Wildman–Crippen LogP) is 5.76. The van der Waals surface area contributed by atoms with Gasteiger partial charge in [0.05, 0.1) is 11.0 Å². The number of nitrogens with zero attached hydrogens (tertiary/aromatic N) is 3. The molecule has 0 N–H and O–H groups in total. The van der Waals surface area contributed by atoms with E-state index in [2.05, 4.69) is 0 Å². The van der Waals surface area contributed by atoms with Crippen LogP contribution in [0.2, 0.25) is 0 Å². The third kappa shape index (κ3) is 4.29. The van der Waals surface area contributed by atoms with Gasteiger partial charge in [-0.25, -0.2) is 0 Å². The van der Waals surface area contributed by atoms with E-state index in [0.717, 1.165) is 16.9 Å². The number of para-hydroxylation sites is 2. The first kappa shape index (κ1) is 23.2. The molecule has 0 saturated carbocycles. The van der Waals surface area contributed by atoms with E-state index < -0.39 is 4.92 Å². The second-order valence-electron chi connectivity index (χ2n) is 8.84. The van der Waals surface area contributed by atoms with E-state index in [-0.39, 0.29) is 35.5 Å². The summed E-state index contributed by atoms with van der Waals surface area (Å²) in [5.74, 6) is -0.359. The number of hydrogen-bond acceptors (Lipinski definition) is 4. The molecule has 174 valence electrons. The van der Waals surface area contributed by atoms with Crippen molar-refractivity contribution in [2.75, 3.05) is 9.80 Å². The number of carbonyl (C=O) groups is 2. The van der Waals surface area contributed by atoms with Crippen LogP contribution < -0.4 is 9.80 Å². The van der Waals surface area contributed by atoms with Gasteiger partial charge in [-0.3, -0.25) is 19.7 Å². The SMILES string of the molecule is CC(C)C(=O)N1c2ccccc2[C@H](N(C(=O)c2ccc([N+](=O)[O-])cc2)c2ccccc2)C[C@@H]1C. The number of fused-ring (bicyclic) bond motifs is 1. The molecule has 2 amide bonds. The van der Waals surface area contributed by atoms with E-state index in [0.29, 0.717) is 12.0 Å². The Balaban J connectivity index is 1.82. The molecule has 7 nitrogen and oxygen atoms in total. The molecule has 0 unspecified atom stereocenters. The van der Waals surface area contributed by atoms with Crippen LogP contribution in [0.1, 0.15) is 49.2 Å². The van der Waals surface area contributed by atoms with E-state index in [4.69, 9.17) is 0 Å². The molecule has 0 fully saturated rings. The van der Waals surface area contributed by atoms with Crippen LogP contribution >= 0.6 is 0 Å². The summed E-state index contributed by atoms with van der Waals surface area (Å²) in [4.78, 5) is 41.1. The third-order valence-corrected chi connectivity index (χ3v) is 6.18. The van der Waals surface area contributed by atoms with Gasteiger partial charge in [-0.1, -0.05) is 50.2 Å². The minimum Gasteiger partial charge on any atom is -0.309 e. The predicted molar refractivity (Wildman–Crippen MR) is 132 cm³/mol. The van der Waals surface area contributed by atoms with Crippen LogP contribution in [0.4, 0.5) is 17.1 Å². The van der Waals surface area contributed by atoms with Gasteiger partial charge in [0.25, 0.3) is 11.6 Å². The van der Waals surface area contributed by atoms with Crippen molar-refractivity contribution in [3.63, 3.8) is 0 Å². The highest BCUT2D eigenvalue weighted by Gasteiger charge is 2.39. The van der Waals surface area contributed by atoms with E-state index in [1.807, 2.05) is 80.3 Å². The molecule has 1 heterocycles. The Morgan fingerprint density at radius 3 is 2.21 bits per heavy atom. The van der Waals surface area contributed by atoms with Gasteiger partial charge in [-0.05, 0) is 49.2 Å². The quantitative estimate of drug-likeness (QED) is 0.360. The molecule has 0 spiro atoms. The number of nitro benzene ring substituents is 1. The van der Waals surface area contributed by atoms with Gasteiger partial charge >= 0.3 is 0 Å². The van der Waals surface area contributed by atoms with Crippen molar-refractivity contribution >= 4 is 28.9 Å². The first-order chi connectivity index (χ1) is 16.3. The number of anilines is 2. The van der Waals surface area contributed by atoms with E-state index in [1.54, 1.807) is 4.90 Å². The fraction of sp³-hybridized carbons (Fsp3) is 0.259. The summed E-state index contributed by atoms with van der Waals surface area (Å²) in [5, 5.41) is 11.1. The lowest BCUT2D eigenvalue weighted by molar-refractivity contribution is -0.384. The molecular weight excluding hydrogens is 430 g/mol. The molecule has 0 bridgehead atoms. The normalized spacial score (nSPS) is 17.2. The number of non-ortho nitro benzene ring substituents is 1. The maximum absolute atomic E-state index is 13.8. The largest absolute Gasteiger partial charge is 0.309 e. The van der Waals surface area contributed by atoms with E-state index in [1.165, 1.54) is 24.3 Å². The van der Waals surface area contributed by atoms with Crippen molar-refractivity contribution in [3.8, 4) is 0 Å². The Hall–Kier alpha value is -4.00. The molecule has 3 aromatic carbocycles. The molecule has 4 rings (SSSR count). The van der Waals surface area contributed by atoms with Crippen LogP contribution in [0.15, 0.2) is 78.9 Å². The molecule has 2 atom stereocenters. The van der Waals surface area contributed by atoms with Gasteiger partial charge in [0, 0.05) is 41.0 Å². The first-order valence-corrected chi connectivity index (χ1v) is 11.3. The lowest BCUT2D eigenvalue weighted by Gasteiger charge is -2.44. The zero-order chi connectivity index (χ0) is 24.4. The monoisotopic (exact) mass is 457 g/mol. The number of hydrogen-bond donors (Lipinski definition) is 0. The molecule has 0 radical (unpaired) electrons. The molecule has 1 aliphatic rings. The van der Waals surface area contributed by atoms with Crippen LogP contribution in [0, 0.1) is 16.0 Å². The number of amides is 2. The van der Waals surface area contributed by atoms with Crippen molar-refractivity contribution in [1.82, 2.24) is 0 Å². The molecule has 0 aromatic heterocycles. The highest BCUT2D eigenvalue weighted by atomic mass is 16.6. The third-order valence-electron chi connectivity index (χ3n) is 6.18. The van der Waals surface area contributed by atoms with Gasteiger partial charge in [-0.15, -0.1) is 0 Å². The lowest BCUT2D eigenvalue weighted by Crippen LogP contribution is -2.49. The zero-order valence-corrected chi connectivity index (χ0v) is 19.4. The Morgan fingerprint density at radius 1 is 0.971 bits per heavy atom. The first-order valence-electron chi connectivity index (χ1n) is 11.3. The van der Waals surface area contributed by atoms with Crippen molar-refractivity contribution in [2.45, 2.75) is 39.3 Å². The van der Waals surface area contributed by atoms with Crippen LogP contribution in [0.25, 0.3) is 0 Å². The molecular formula is C27H27N3O4. The number of benzene rings is 3. The maximum Gasteiger partial charge on any atom is 0.269 e. The lowest BCUT2D eigenvalue weighted by atomic mass is 9.88. The van der Waals surface area contributed by atoms with Crippen LogP contribution in [0.5, 0.6) is 0 Å². The van der Waals surface area contributed by atoms with E-state index >= 15 is 0 Å². The van der Waals surface area contributed by atoms with Crippen LogP contribution in [-0.2, 0) is 4.79 Å². The van der Waals surface area contributed by atoms with Crippen molar-refractivity contribution in [2.24, 2.45) is 5.92 Å². The number of rotatable bonds is 5. The fourth-order valence-corrected chi connectivity index (χ4v) is 4.53. The van der Waals surface area contributed by atoms with Gasteiger partial charge in [-0.2, -0.15) is 0 Å². The average Bonchev–Trinajstić information content (AvgIpc) is 2.84. The molecule has 1 aliphatic heterocycles. The Morgan fingerprint density at radius 2 is 1.59 bits per heavy atom. The second-order valence-corrected chi connectivity index (χ2v) is 8.84.